The Labute approximate surface area is 130 Å². The molecule has 0 amide bonds. The molecule has 0 aliphatic carbocycles. The van der Waals surface area contributed by atoms with E-state index in [1.165, 1.54) is 39.5 Å². The van der Waals surface area contributed by atoms with Crippen molar-refractivity contribution in [1.82, 2.24) is 0 Å². The first-order valence-electron chi connectivity index (χ1n) is 6.63. The number of methoxy groups -OCH3 is 3. The lowest BCUT2D eigenvalue weighted by Crippen LogP contribution is -2.04. The fourth-order valence-electron chi connectivity index (χ4n) is 2.51. The Kier molecular flexibility index (Phi) is 3.40. The molecule has 1 heterocycles. The molecule has 3 aromatic rings. The number of benzene rings is 2. The zero-order valence-electron chi connectivity index (χ0n) is 12.7. The fraction of sp³-hybridized carbons (Fsp3) is 0.188. The molecule has 3 rings (SSSR count). The Morgan fingerprint density at radius 1 is 0.913 bits per heavy atom. The summed E-state index contributed by atoms with van der Waals surface area (Å²) in [5.74, 6) is -0.0681. The highest BCUT2D eigenvalue weighted by Crippen LogP contribution is 2.43. The molecule has 0 fully saturated rings. The summed E-state index contributed by atoms with van der Waals surface area (Å²) in [4.78, 5) is 12.7. The Morgan fingerprint density at radius 2 is 1.61 bits per heavy atom. The van der Waals surface area contributed by atoms with Crippen LogP contribution in [-0.2, 0) is 0 Å². The molecule has 2 N–H and O–H groups in total. The van der Waals surface area contributed by atoms with Gasteiger partial charge < -0.3 is 28.8 Å². The van der Waals surface area contributed by atoms with Gasteiger partial charge in [0, 0.05) is 12.1 Å². The van der Waals surface area contributed by atoms with Gasteiger partial charge >= 0.3 is 0 Å². The van der Waals surface area contributed by atoms with Crippen molar-refractivity contribution in [2.75, 3.05) is 21.3 Å². The molecule has 7 nitrogen and oxygen atoms in total. The molecule has 23 heavy (non-hydrogen) atoms. The third-order valence-corrected chi connectivity index (χ3v) is 3.55. The maximum Gasteiger partial charge on any atom is 0.208 e. The summed E-state index contributed by atoms with van der Waals surface area (Å²) >= 11 is 0. The summed E-state index contributed by atoms with van der Waals surface area (Å²) in [5.41, 5.74) is -0.268. The molecule has 0 spiro atoms. The quantitative estimate of drug-likeness (QED) is 0.715. The van der Waals surface area contributed by atoms with E-state index in [2.05, 4.69) is 0 Å². The van der Waals surface area contributed by atoms with Crippen molar-refractivity contribution >= 4 is 21.9 Å². The average Bonchev–Trinajstić information content (AvgIpc) is 2.54. The van der Waals surface area contributed by atoms with Crippen LogP contribution in [0.3, 0.4) is 0 Å². The number of hydrogen-bond donors (Lipinski definition) is 2. The Morgan fingerprint density at radius 3 is 2.22 bits per heavy atom. The second-order valence-corrected chi connectivity index (χ2v) is 4.79. The lowest BCUT2D eigenvalue weighted by molar-refractivity contribution is 0.332. The summed E-state index contributed by atoms with van der Waals surface area (Å²) in [6.45, 7) is 0. The molecule has 0 unspecified atom stereocenters. The smallest absolute Gasteiger partial charge is 0.208 e. The highest BCUT2D eigenvalue weighted by molar-refractivity contribution is 5.97. The van der Waals surface area contributed by atoms with E-state index in [-0.39, 0.29) is 44.9 Å². The maximum absolute atomic E-state index is 12.7. The summed E-state index contributed by atoms with van der Waals surface area (Å²) in [7, 11) is 4.16. The SMILES string of the molecule is COc1cc(O)c2c(=O)c3cc(O)c(OC)c(OC)c3oc2c1. The number of rotatable bonds is 3. The topological polar surface area (TPSA) is 98.4 Å². The normalized spacial score (nSPS) is 10.9. The van der Waals surface area contributed by atoms with Crippen LogP contribution in [0.5, 0.6) is 28.7 Å². The lowest BCUT2D eigenvalue weighted by atomic mass is 10.1. The van der Waals surface area contributed by atoms with Gasteiger partial charge in [0.15, 0.2) is 11.3 Å². The van der Waals surface area contributed by atoms with Crippen LogP contribution in [0.4, 0.5) is 0 Å². The van der Waals surface area contributed by atoms with E-state index in [9.17, 15) is 15.0 Å². The minimum Gasteiger partial charge on any atom is -0.507 e. The van der Waals surface area contributed by atoms with Crippen molar-refractivity contribution in [1.29, 1.82) is 0 Å². The Hall–Kier alpha value is -3.09. The van der Waals surface area contributed by atoms with Crippen LogP contribution in [0.15, 0.2) is 27.4 Å². The number of ether oxygens (including phenoxy) is 3. The van der Waals surface area contributed by atoms with Crippen molar-refractivity contribution in [2.45, 2.75) is 0 Å². The van der Waals surface area contributed by atoms with E-state index in [1.807, 2.05) is 0 Å². The maximum atomic E-state index is 12.7. The van der Waals surface area contributed by atoms with E-state index < -0.39 is 5.43 Å². The van der Waals surface area contributed by atoms with Crippen molar-refractivity contribution in [3.8, 4) is 28.7 Å². The van der Waals surface area contributed by atoms with Crippen LogP contribution in [0.25, 0.3) is 21.9 Å². The van der Waals surface area contributed by atoms with Gasteiger partial charge in [-0.1, -0.05) is 0 Å². The number of hydrogen-bond acceptors (Lipinski definition) is 7. The zero-order chi connectivity index (χ0) is 16.7. The van der Waals surface area contributed by atoms with E-state index in [0.29, 0.717) is 5.75 Å². The highest BCUT2D eigenvalue weighted by atomic mass is 16.5. The predicted octanol–water partition coefficient (Wildman–Crippen LogP) is 2.38. The van der Waals surface area contributed by atoms with Crippen molar-refractivity contribution in [3.05, 3.63) is 28.4 Å². The van der Waals surface area contributed by atoms with Gasteiger partial charge in [-0.25, -0.2) is 0 Å². The second kappa shape index (κ2) is 5.28. The second-order valence-electron chi connectivity index (χ2n) is 4.79. The molecule has 0 aliphatic heterocycles. The average molecular weight is 318 g/mol. The van der Waals surface area contributed by atoms with Gasteiger partial charge in [-0.15, -0.1) is 0 Å². The largest absolute Gasteiger partial charge is 0.507 e. The summed E-state index contributed by atoms with van der Waals surface area (Å²) < 4.78 is 21.1. The van der Waals surface area contributed by atoms with E-state index in [0.717, 1.165) is 0 Å². The minimum atomic E-state index is -0.502. The monoisotopic (exact) mass is 318 g/mol. The third kappa shape index (κ3) is 2.09. The standard InChI is InChI=1S/C16H14O7/c1-20-7-4-9(17)12-11(5-7)23-14-8(13(12)19)6-10(18)15(21-2)16(14)22-3/h4-6,17-18H,1-3H3. The highest BCUT2D eigenvalue weighted by Gasteiger charge is 2.21. The molecular weight excluding hydrogens is 304 g/mol. The van der Waals surface area contributed by atoms with Crippen LogP contribution in [-0.4, -0.2) is 31.5 Å². The third-order valence-electron chi connectivity index (χ3n) is 3.55. The molecule has 0 saturated heterocycles. The number of aromatic hydroxyl groups is 2. The molecule has 0 atom stereocenters. The Bertz CT molecular complexity index is 972. The number of fused-ring (bicyclic) bond motifs is 2. The van der Waals surface area contributed by atoms with Gasteiger partial charge in [0.1, 0.15) is 22.5 Å². The van der Waals surface area contributed by atoms with Crippen LogP contribution in [0, 0.1) is 0 Å². The summed E-state index contributed by atoms with van der Waals surface area (Å²) in [6, 6.07) is 4.01. The van der Waals surface area contributed by atoms with E-state index >= 15 is 0 Å². The van der Waals surface area contributed by atoms with E-state index in [1.54, 1.807) is 0 Å². The molecule has 0 aliphatic rings. The molecule has 0 bridgehead atoms. The molecule has 7 heteroatoms. The fourth-order valence-corrected chi connectivity index (χ4v) is 2.51. The predicted molar refractivity (Wildman–Crippen MR) is 83.0 cm³/mol. The van der Waals surface area contributed by atoms with Gasteiger partial charge in [-0.3, -0.25) is 4.79 Å². The van der Waals surface area contributed by atoms with Gasteiger partial charge in [-0.05, 0) is 6.07 Å². The molecule has 2 aromatic carbocycles. The van der Waals surface area contributed by atoms with Crippen LogP contribution >= 0.6 is 0 Å². The van der Waals surface area contributed by atoms with Crippen LogP contribution < -0.4 is 19.6 Å². The number of phenolic OH excluding ortho intramolecular Hbond substituents is 2. The van der Waals surface area contributed by atoms with E-state index in [4.69, 9.17) is 18.6 Å². The Balaban J connectivity index is 2.56. The van der Waals surface area contributed by atoms with Gasteiger partial charge in [0.25, 0.3) is 0 Å². The van der Waals surface area contributed by atoms with Crippen LogP contribution in [0.2, 0.25) is 0 Å². The van der Waals surface area contributed by atoms with Gasteiger partial charge in [0.2, 0.25) is 16.9 Å². The zero-order valence-corrected chi connectivity index (χ0v) is 12.7. The summed E-state index contributed by atoms with van der Waals surface area (Å²) in [6.07, 6.45) is 0. The first kappa shape index (κ1) is 14.8. The van der Waals surface area contributed by atoms with Gasteiger partial charge in [0.05, 0.1) is 26.7 Å². The molecule has 0 radical (unpaired) electrons. The van der Waals surface area contributed by atoms with Crippen molar-refractivity contribution < 1.29 is 28.8 Å². The minimum absolute atomic E-state index is 0.00933. The molecule has 0 saturated carbocycles. The molecular formula is C16H14O7. The van der Waals surface area contributed by atoms with Gasteiger partial charge in [-0.2, -0.15) is 0 Å². The van der Waals surface area contributed by atoms with Crippen molar-refractivity contribution in [3.63, 3.8) is 0 Å². The molecule has 1 aromatic heterocycles. The van der Waals surface area contributed by atoms with Crippen molar-refractivity contribution in [2.24, 2.45) is 0 Å². The summed E-state index contributed by atoms with van der Waals surface area (Å²) in [5, 5.41) is 20.1. The first-order chi connectivity index (χ1) is 11.0. The van der Waals surface area contributed by atoms with Crippen LogP contribution in [0.1, 0.15) is 0 Å². The first-order valence-corrected chi connectivity index (χ1v) is 6.63. The lowest BCUT2D eigenvalue weighted by Gasteiger charge is -2.12. The molecule has 120 valence electrons. The number of phenols is 2.